The molecule has 0 aliphatic heterocycles. The maximum Gasteiger partial charge on any atom is 0.282 e. The zero-order valence-electron chi connectivity index (χ0n) is 7.64. The molecule has 0 fully saturated rings. The minimum Gasteiger partial charge on any atom is -0.298 e. The summed E-state index contributed by atoms with van der Waals surface area (Å²) in [7, 11) is 0. The molecule has 0 heterocycles. The van der Waals surface area contributed by atoms with Crippen LogP contribution in [-0.4, -0.2) is 16.5 Å². The number of nitriles is 1. The number of nitrogens with zero attached hydrogens (tertiary/aromatic N) is 2. The maximum atomic E-state index is 11.0. The lowest BCUT2D eigenvalue weighted by Gasteiger charge is -2.02. The first kappa shape index (κ1) is 11.8. The summed E-state index contributed by atoms with van der Waals surface area (Å²) in [6.45, 7) is 0. The van der Waals surface area contributed by atoms with Gasteiger partial charge in [-0.1, -0.05) is 0 Å². The predicted octanol–water partition coefficient (Wildman–Crippen LogP) is 1.66. The van der Waals surface area contributed by atoms with Crippen LogP contribution in [0.15, 0.2) is 12.1 Å². The van der Waals surface area contributed by atoms with Gasteiger partial charge in [0.15, 0.2) is 6.29 Å². The van der Waals surface area contributed by atoms with Crippen LogP contribution in [0.1, 0.15) is 26.3 Å². The van der Waals surface area contributed by atoms with Gasteiger partial charge < -0.3 is 0 Å². The van der Waals surface area contributed by atoms with Gasteiger partial charge in [-0.2, -0.15) is 5.26 Å². The second-order valence-electron chi connectivity index (χ2n) is 2.68. The molecule has 0 N–H and O–H groups in total. The van der Waals surface area contributed by atoms with Crippen molar-refractivity contribution in [2.24, 2.45) is 0 Å². The number of hydrogen-bond acceptors (Lipinski definition) is 5. The Hall–Kier alpha value is -2.26. The number of nitro benzene ring substituents is 1. The molecule has 1 rings (SSSR count). The van der Waals surface area contributed by atoms with Crippen LogP contribution in [0, 0.1) is 21.4 Å². The molecule has 80 valence electrons. The Morgan fingerprint density at radius 3 is 2.56 bits per heavy atom. The van der Waals surface area contributed by atoms with E-state index in [2.05, 4.69) is 0 Å². The lowest BCUT2D eigenvalue weighted by atomic mass is 10.0. The van der Waals surface area contributed by atoms with Crippen LogP contribution >= 0.6 is 11.6 Å². The molecule has 0 aliphatic carbocycles. The first-order chi connectivity index (χ1) is 7.52. The molecule has 7 heteroatoms. The quantitative estimate of drug-likeness (QED) is 0.345. The fourth-order valence-electron chi connectivity index (χ4n) is 1.19. The Morgan fingerprint density at radius 2 is 2.19 bits per heavy atom. The van der Waals surface area contributed by atoms with E-state index in [1.54, 1.807) is 6.07 Å². The molecule has 16 heavy (non-hydrogen) atoms. The number of aldehydes is 1. The summed E-state index contributed by atoms with van der Waals surface area (Å²) in [4.78, 5) is 31.5. The minimum atomic E-state index is -1.15. The van der Waals surface area contributed by atoms with Gasteiger partial charge in [-0.25, -0.2) is 0 Å². The van der Waals surface area contributed by atoms with E-state index in [0.717, 1.165) is 12.1 Å². The zero-order chi connectivity index (χ0) is 12.3. The molecule has 6 nitrogen and oxygen atoms in total. The van der Waals surface area contributed by atoms with Crippen molar-refractivity contribution < 1.29 is 14.5 Å². The molecule has 0 bridgehead atoms. The van der Waals surface area contributed by atoms with Gasteiger partial charge in [0.05, 0.1) is 22.1 Å². The van der Waals surface area contributed by atoms with Gasteiger partial charge in [0.25, 0.3) is 10.9 Å². The first-order valence-electron chi connectivity index (χ1n) is 3.89. The fourth-order valence-corrected chi connectivity index (χ4v) is 1.39. The molecule has 0 unspecified atom stereocenters. The van der Waals surface area contributed by atoms with Gasteiger partial charge in [0.2, 0.25) is 0 Å². The van der Waals surface area contributed by atoms with Gasteiger partial charge in [-0.3, -0.25) is 19.7 Å². The van der Waals surface area contributed by atoms with Crippen molar-refractivity contribution in [3.8, 4) is 6.07 Å². The Labute approximate surface area is 94.2 Å². The van der Waals surface area contributed by atoms with E-state index in [4.69, 9.17) is 16.9 Å². The molecule has 0 aliphatic rings. The van der Waals surface area contributed by atoms with E-state index in [0.29, 0.717) is 0 Å². The van der Waals surface area contributed by atoms with Crippen molar-refractivity contribution >= 4 is 28.8 Å². The maximum absolute atomic E-state index is 11.0. The lowest BCUT2D eigenvalue weighted by Crippen LogP contribution is -2.05. The van der Waals surface area contributed by atoms with Gasteiger partial charge in [-0.15, -0.1) is 0 Å². The smallest absolute Gasteiger partial charge is 0.282 e. The van der Waals surface area contributed by atoms with Crippen molar-refractivity contribution in [3.05, 3.63) is 38.9 Å². The van der Waals surface area contributed by atoms with Crippen molar-refractivity contribution in [1.29, 1.82) is 5.26 Å². The second-order valence-corrected chi connectivity index (χ2v) is 3.02. The van der Waals surface area contributed by atoms with Crippen LogP contribution in [0.2, 0.25) is 0 Å². The van der Waals surface area contributed by atoms with Crippen molar-refractivity contribution in [1.82, 2.24) is 0 Å². The highest BCUT2D eigenvalue weighted by Crippen LogP contribution is 2.25. The SMILES string of the molecule is N#Cc1ccc([N+](=O)[O-])c(C(=O)Cl)c1C=O. The molecule has 1 aromatic rings. The lowest BCUT2D eigenvalue weighted by molar-refractivity contribution is -0.385. The summed E-state index contributed by atoms with van der Waals surface area (Å²) in [5.41, 5.74) is -1.65. The fraction of sp³-hybridized carbons (Fsp3) is 0. The van der Waals surface area contributed by atoms with Crippen LogP contribution in [0.4, 0.5) is 5.69 Å². The number of halogens is 1. The van der Waals surface area contributed by atoms with E-state index < -0.39 is 21.4 Å². The van der Waals surface area contributed by atoms with Crippen molar-refractivity contribution in [2.75, 3.05) is 0 Å². The molecular formula is C9H3ClN2O4. The molecule has 0 saturated heterocycles. The minimum absolute atomic E-state index is 0.135. The normalized spacial score (nSPS) is 9.25. The highest BCUT2D eigenvalue weighted by molar-refractivity contribution is 6.68. The molecular weight excluding hydrogens is 236 g/mol. The Morgan fingerprint density at radius 1 is 1.56 bits per heavy atom. The van der Waals surface area contributed by atoms with Crippen LogP contribution in [0.5, 0.6) is 0 Å². The van der Waals surface area contributed by atoms with Crippen molar-refractivity contribution in [3.63, 3.8) is 0 Å². The zero-order valence-corrected chi connectivity index (χ0v) is 8.39. The standard InChI is InChI=1S/C9H3ClN2O4/c10-9(14)8-6(4-13)5(3-11)1-2-7(8)12(15)16/h1-2,4H. The van der Waals surface area contributed by atoms with Gasteiger partial charge in [0.1, 0.15) is 5.56 Å². The summed E-state index contributed by atoms with van der Waals surface area (Å²) in [6.07, 6.45) is 0.196. The molecule has 1 aromatic carbocycles. The number of nitro groups is 1. The predicted molar refractivity (Wildman–Crippen MR) is 53.4 cm³/mol. The highest BCUT2D eigenvalue weighted by atomic mass is 35.5. The van der Waals surface area contributed by atoms with Crippen LogP contribution in [-0.2, 0) is 0 Å². The third-order valence-electron chi connectivity index (χ3n) is 1.86. The Bertz CT molecular complexity index is 533. The number of carbonyl (C=O) groups is 2. The van der Waals surface area contributed by atoms with Gasteiger partial charge in [-0.05, 0) is 17.7 Å². The highest BCUT2D eigenvalue weighted by Gasteiger charge is 2.25. The third kappa shape index (κ3) is 1.89. The van der Waals surface area contributed by atoms with Gasteiger partial charge in [0, 0.05) is 6.07 Å². The molecule has 0 saturated carbocycles. The monoisotopic (exact) mass is 238 g/mol. The summed E-state index contributed by atoms with van der Waals surface area (Å²) >= 11 is 5.15. The average molecular weight is 239 g/mol. The Kier molecular flexibility index (Phi) is 3.33. The molecule has 0 radical (unpaired) electrons. The molecule has 0 aromatic heterocycles. The summed E-state index contributed by atoms with van der Waals surface area (Å²) in [6, 6.07) is 3.69. The summed E-state index contributed by atoms with van der Waals surface area (Å²) in [5.74, 6) is 0. The Balaban J connectivity index is 3.72. The van der Waals surface area contributed by atoms with Crippen LogP contribution in [0.3, 0.4) is 0 Å². The van der Waals surface area contributed by atoms with E-state index in [1.165, 1.54) is 0 Å². The van der Waals surface area contributed by atoms with E-state index in [-0.39, 0.29) is 17.4 Å². The second kappa shape index (κ2) is 4.51. The third-order valence-corrected chi connectivity index (χ3v) is 2.04. The molecule has 0 amide bonds. The largest absolute Gasteiger partial charge is 0.298 e. The summed E-state index contributed by atoms with van der Waals surface area (Å²) < 4.78 is 0. The average Bonchev–Trinajstić information content (AvgIpc) is 2.26. The van der Waals surface area contributed by atoms with Crippen LogP contribution in [0.25, 0.3) is 0 Å². The number of rotatable bonds is 3. The number of benzene rings is 1. The number of carbonyl (C=O) groups excluding carboxylic acids is 2. The summed E-state index contributed by atoms with van der Waals surface area (Å²) in [5, 5.41) is 18.1. The van der Waals surface area contributed by atoms with Gasteiger partial charge >= 0.3 is 0 Å². The molecule has 0 atom stereocenters. The van der Waals surface area contributed by atoms with E-state index >= 15 is 0 Å². The van der Waals surface area contributed by atoms with E-state index in [1.807, 2.05) is 0 Å². The van der Waals surface area contributed by atoms with Crippen LogP contribution < -0.4 is 0 Å². The topological polar surface area (TPSA) is 101 Å². The molecule has 0 spiro atoms. The first-order valence-corrected chi connectivity index (χ1v) is 4.27. The van der Waals surface area contributed by atoms with E-state index in [9.17, 15) is 19.7 Å². The van der Waals surface area contributed by atoms with Crippen molar-refractivity contribution in [2.45, 2.75) is 0 Å². The number of hydrogen-bond donors (Lipinski definition) is 0.